The van der Waals surface area contributed by atoms with E-state index in [2.05, 4.69) is 10.6 Å². The van der Waals surface area contributed by atoms with Gasteiger partial charge in [0, 0.05) is 23.5 Å². The molecular formula is C20H19N2NaO8S. The number of ether oxygens (including phenoxy) is 2. The van der Waals surface area contributed by atoms with Gasteiger partial charge in [0.1, 0.15) is 6.61 Å². The number of carboxylic acid groups (broad SMARTS) is 2. The van der Waals surface area contributed by atoms with E-state index in [1.54, 1.807) is 0 Å². The summed E-state index contributed by atoms with van der Waals surface area (Å²) in [5.41, 5.74) is 1.22. The Hall–Kier alpha value is -2.44. The topological polar surface area (TPSA) is 154 Å². The van der Waals surface area contributed by atoms with E-state index >= 15 is 0 Å². The molecule has 1 aliphatic rings. The molecule has 2 aromatic rings. The van der Waals surface area contributed by atoms with Crippen molar-refractivity contribution >= 4 is 35.0 Å². The van der Waals surface area contributed by atoms with Crippen molar-refractivity contribution in [1.29, 1.82) is 0 Å². The fourth-order valence-electron chi connectivity index (χ4n) is 2.90. The van der Waals surface area contributed by atoms with Gasteiger partial charge in [0.15, 0.2) is 23.9 Å². The molecule has 3 N–H and O–H groups in total. The molecule has 3 rings (SSSR count). The molecule has 0 saturated carbocycles. The predicted molar refractivity (Wildman–Crippen MR) is 106 cm³/mol. The van der Waals surface area contributed by atoms with E-state index in [4.69, 9.17) is 14.6 Å². The van der Waals surface area contributed by atoms with Gasteiger partial charge in [0.05, 0.1) is 17.4 Å². The summed E-state index contributed by atoms with van der Waals surface area (Å²) in [6.45, 7) is -0.191. The molecule has 0 saturated heterocycles. The quantitative estimate of drug-likeness (QED) is 0.238. The molecule has 0 bridgehead atoms. The molecule has 12 heteroatoms. The second kappa shape index (κ2) is 12.0. The Labute approximate surface area is 209 Å². The molecule has 2 heterocycles. The Bertz CT molecular complexity index is 1000. The van der Waals surface area contributed by atoms with Crippen LogP contribution < -0.4 is 54.8 Å². The molecule has 32 heavy (non-hydrogen) atoms. The van der Waals surface area contributed by atoms with Crippen molar-refractivity contribution in [3.63, 3.8) is 0 Å². The van der Waals surface area contributed by atoms with Gasteiger partial charge in [-0.15, -0.1) is 11.3 Å². The van der Waals surface area contributed by atoms with Crippen LogP contribution in [0.1, 0.15) is 30.5 Å². The summed E-state index contributed by atoms with van der Waals surface area (Å²) < 4.78 is 10.1. The van der Waals surface area contributed by atoms with Crippen molar-refractivity contribution < 1.29 is 68.4 Å². The monoisotopic (exact) mass is 470 g/mol. The van der Waals surface area contributed by atoms with Crippen molar-refractivity contribution in [2.45, 2.75) is 13.0 Å². The van der Waals surface area contributed by atoms with Gasteiger partial charge < -0.3 is 35.1 Å². The molecule has 10 nitrogen and oxygen atoms in total. The number of thiophene rings is 1. The number of Topliss-reactive ketones (excluding diaryl/α,β-unsaturated/α-hetero) is 1. The number of hydrogen-bond donors (Lipinski definition) is 3. The number of hydrogen-bond acceptors (Lipinski definition) is 9. The maximum atomic E-state index is 12.5. The molecule has 0 radical (unpaired) electrons. The fraction of sp³-hybridized carbons (Fsp3) is 0.300. The zero-order valence-electron chi connectivity index (χ0n) is 17.3. The van der Waals surface area contributed by atoms with Crippen LogP contribution in [-0.4, -0.2) is 55.0 Å². The van der Waals surface area contributed by atoms with E-state index < -0.39 is 30.9 Å². The Balaban J connectivity index is 0.00000363. The molecule has 1 amide bonds. The third-order valence-electron chi connectivity index (χ3n) is 4.34. The van der Waals surface area contributed by atoms with Crippen LogP contribution >= 0.6 is 11.3 Å². The summed E-state index contributed by atoms with van der Waals surface area (Å²) in [5.74, 6) is -3.70. The maximum Gasteiger partial charge on any atom is 1.00 e. The van der Waals surface area contributed by atoms with Crippen LogP contribution in [0, 0.1) is 0 Å². The number of benzene rings is 1. The molecule has 1 aliphatic heterocycles. The normalized spacial score (nSPS) is 12.1. The molecule has 0 atom stereocenters. The Morgan fingerprint density at radius 2 is 1.88 bits per heavy atom. The molecular weight excluding hydrogens is 451 g/mol. The first-order chi connectivity index (χ1) is 14.8. The maximum absolute atomic E-state index is 12.5. The Morgan fingerprint density at radius 3 is 2.56 bits per heavy atom. The zero-order chi connectivity index (χ0) is 22.4. The first kappa shape index (κ1) is 25.8. The summed E-state index contributed by atoms with van der Waals surface area (Å²) in [6.07, 6.45) is 0.859. The minimum atomic E-state index is -1.47. The number of aliphatic carboxylic acids is 2. The van der Waals surface area contributed by atoms with Crippen molar-refractivity contribution in [3.8, 4) is 11.5 Å². The minimum Gasteiger partial charge on any atom is -0.546 e. The molecule has 0 aliphatic carbocycles. The van der Waals surface area contributed by atoms with Crippen LogP contribution in [0.2, 0.25) is 0 Å². The minimum absolute atomic E-state index is 0. The average Bonchev–Trinajstić information content (AvgIpc) is 3.19. The summed E-state index contributed by atoms with van der Waals surface area (Å²) in [4.78, 5) is 47.9. The smallest absolute Gasteiger partial charge is 0.546 e. The first-order valence-electron chi connectivity index (χ1n) is 9.28. The fourth-order valence-corrected chi connectivity index (χ4v) is 4.00. The van der Waals surface area contributed by atoms with Crippen molar-refractivity contribution in [3.05, 3.63) is 45.1 Å². The van der Waals surface area contributed by atoms with E-state index in [1.807, 2.05) is 6.07 Å². The van der Waals surface area contributed by atoms with Gasteiger partial charge in [-0.05, 0) is 36.2 Å². The summed E-state index contributed by atoms with van der Waals surface area (Å²) in [7, 11) is 0. The van der Waals surface area contributed by atoms with Crippen molar-refractivity contribution in [1.82, 2.24) is 10.6 Å². The van der Waals surface area contributed by atoms with Crippen molar-refractivity contribution in [2.75, 3.05) is 26.3 Å². The van der Waals surface area contributed by atoms with E-state index in [9.17, 15) is 24.3 Å². The number of nitrogens with one attached hydrogen (secondary N) is 2. The SMILES string of the molecule is O=C([O-])COc1ccc(C(=O)CNC(=O)c2cc3c(s2)CCNC3)cc1OCC(=O)O.[Na+]. The molecule has 164 valence electrons. The third kappa shape index (κ3) is 7.04. The largest absolute Gasteiger partial charge is 1.00 e. The summed E-state index contributed by atoms with van der Waals surface area (Å²) >= 11 is 1.40. The summed E-state index contributed by atoms with van der Waals surface area (Å²) in [6, 6.07) is 5.70. The van der Waals surface area contributed by atoms with E-state index in [-0.39, 0.29) is 59.1 Å². The van der Waals surface area contributed by atoms with Gasteiger partial charge in [-0.25, -0.2) is 4.79 Å². The predicted octanol–water partition coefficient (Wildman–Crippen LogP) is -3.40. The zero-order valence-corrected chi connectivity index (χ0v) is 20.1. The molecule has 1 aromatic carbocycles. The van der Waals surface area contributed by atoms with Gasteiger partial charge in [-0.3, -0.25) is 9.59 Å². The van der Waals surface area contributed by atoms with Crippen LogP contribution in [0.3, 0.4) is 0 Å². The van der Waals surface area contributed by atoms with Crippen LogP contribution in [-0.2, 0) is 22.6 Å². The Morgan fingerprint density at radius 1 is 1.12 bits per heavy atom. The number of rotatable bonds is 10. The third-order valence-corrected chi connectivity index (χ3v) is 5.57. The van der Waals surface area contributed by atoms with Gasteiger partial charge in [-0.1, -0.05) is 0 Å². The van der Waals surface area contributed by atoms with Crippen molar-refractivity contribution in [2.24, 2.45) is 0 Å². The van der Waals surface area contributed by atoms with Gasteiger partial charge >= 0.3 is 35.5 Å². The Kier molecular flexibility index (Phi) is 9.66. The van der Waals surface area contributed by atoms with Crippen LogP contribution in [0.15, 0.2) is 24.3 Å². The number of fused-ring (bicyclic) bond motifs is 1. The van der Waals surface area contributed by atoms with E-state index in [1.165, 1.54) is 29.5 Å². The second-order valence-electron chi connectivity index (χ2n) is 6.60. The number of carbonyl (C=O) groups excluding carboxylic acids is 3. The van der Waals surface area contributed by atoms with Gasteiger partial charge in [-0.2, -0.15) is 0 Å². The molecule has 0 fully saturated rings. The van der Waals surface area contributed by atoms with Crippen LogP contribution in [0.5, 0.6) is 11.5 Å². The number of carbonyl (C=O) groups is 4. The molecule has 0 unspecified atom stereocenters. The van der Waals surface area contributed by atoms with Gasteiger partial charge in [0.2, 0.25) is 0 Å². The standard InChI is InChI=1S/C20H20N2O8S.Na/c23-13(8-22-20(28)17-6-12-7-21-4-3-16(12)31-17)11-1-2-14(29-9-18(24)25)15(5-11)30-10-19(26)27;/h1-2,5-6,21H,3-4,7-10H2,(H,22,28)(H,24,25)(H,26,27);/q;+1/p-1. The molecule has 1 aromatic heterocycles. The summed E-state index contributed by atoms with van der Waals surface area (Å²) in [5, 5.41) is 25.2. The number of carboxylic acids is 2. The second-order valence-corrected chi connectivity index (χ2v) is 7.73. The van der Waals surface area contributed by atoms with E-state index in [0.29, 0.717) is 11.4 Å². The average molecular weight is 470 g/mol. The molecule has 0 spiro atoms. The number of amides is 1. The first-order valence-corrected chi connectivity index (χ1v) is 10.1. The number of ketones is 1. The van der Waals surface area contributed by atoms with Crippen LogP contribution in [0.25, 0.3) is 0 Å². The van der Waals surface area contributed by atoms with Crippen LogP contribution in [0.4, 0.5) is 0 Å². The van der Waals surface area contributed by atoms with Gasteiger partial charge in [0.25, 0.3) is 5.91 Å². The van der Waals surface area contributed by atoms with E-state index in [0.717, 1.165) is 23.4 Å².